The molecule has 8 N–H and O–H groups in total. The molecule has 5 atom stereocenters. The van der Waals surface area contributed by atoms with E-state index in [2.05, 4.69) is 16.0 Å². The number of aliphatic hydroxyl groups excluding tert-OH is 1. The highest BCUT2D eigenvalue weighted by atomic mass is 16.4. The fraction of sp³-hybridized carbons (Fsp3) is 0.476. The maximum Gasteiger partial charge on any atom is 0.326 e. The molecule has 12 nitrogen and oxygen atoms in total. The van der Waals surface area contributed by atoms with Gasteiger partial charge < -0.3 is 37.0 Å². The number of carbonyl (C=O) groups is 5. The molecule has 33 heavy (non-hydrogen) atoms. The summed E-state index contributed by atoms with van der Waals surface area (Å²) < 4.78 is 0. The molecule has 0 spiro atoms. The molecule has 1 rings (SSSR count). The lowest BCUT2D eigenvalue weighted by atomic mass is 10.0. The molecule has 1 aromatic rings. The van der Waals surface area contributed by atoms with Gasteiger partial charge in [-0.3, -0.25) is 19.2 Å². The van der Waals surface area contributed by atoms with Gasteiger partial charge in [-0.25, -0.2) is 4.79 Å². The first-order valence-electron chi connectivity index (χ1n) is 10.3. The van der Waals surface area contributed by atoms with Gasteiger partial charge in [-0.05, 0) is 25.8 Å². The summed E-state index contributed by atoms with van der Waals surface area (Å²) in [6, 6.07) is 3.33. The van der Waals surface area contributed by atoms with Gasteiger partial charge in [0, 0.05) is 12.8 Å². The molecule has 0 fully saturated rings. The van der Waals surface area contributed by atoms with Crippen molar-refractivity contribution >= 4 is 29.7 Å². The molecule has 0 aliphatic heterocycles. The van der Waals surface area contributed by atoms with E-state index < -0.39 is 66.4 Å². The highest BCUT2D eigenvalue weighted by Gasteiger charge is 2.32. The van der Waals surface area contributed by atoms with Crippen molar-refractivity contribution in [2.45, 2.75) is 63.4 Å². The van der Waals surface area contributed by atoms with Crippen molar-refractivity contribution in [3.63, 3.8) is 0 Å². The van der Waals surface area contributed by atoms with E-state index in [1.165, 1.54) is 13.8 Å². The highest BCUT2D eigenvalue weighted by molar-refractivity contribution is 5.94. The lowest BCUT2D eigenvalue weighted by Gasteiger charge is -2.26. The molecule has 3 amide bonds. The summed E-state index contributed by atoms with van der Waals surface area (Å²) in [5, 5.41) is 35.2. The smallest absolute Gasteiger partial charge is 0.326 e. The fourth-order valence-corrected chi connectivity index (χ4v) is 2.81. The van der Waals surface area contributed by atoms with Gasteiger partial charge >= 0.3 is 11.9 Å². The molecule has 12 heteroatoms. The first kappa shape index (κ1) is 27.5. The number of hydrogen-bond donors (Lipinski definition) is 7. The van der Waals surface area contributed by atoms with Crippen LogP contribution in [-0.2, 0) is 30.4 Å². The van der Waals surface area contributed by atoms with E-state index in [1.807, 2.05) is 0 Å². The van der Waals surface area contributed by atoms with Crippen LogP contribution in [0.3, 0.4) is 0 Å². The number of carbonyl (C=O) groups excluding carboxylic acids is 3. The van der Waals surface area contributed by atoms with Crippen LogP contribution in [0.5, 0.6) is 0 Å². The van der Waals surface area contributed by atoms with E-state index in [4.69, 9.17) is 10.8 Å². The van der Waals surface area contributed by atoms with Gasteiger partial charge in [-0.1, -0.05) is 30.3 Å². The van der Waals surface area contributed by atoms with E-state index >= 15 is 0 Å². The first-order chi connectivity index (χ1) is 15.4. The normalized spacial score (nSPS) is 15.3. The van der Waals surface area contributed by atoms with E-state index in [1.54, 1.807) is 30.3 Å². The Bertz CT molecular complexity index is 844. The van der Waals surface area contributed by atoms with Gasteiger partial charge in [0.2, 0.25) is 17.7 Å². The van der Waals surface area contributed by atoms with Crippen molar-refractivity contribution in [3.8, 4) is 0 Å². The van der Waals surface area contributed by atoms with Crippen LogP contribution in [-0.4, -0.2) is 75.3 Å². The van der Waals surface area contributed by atoms with Crippen LogP contribution in [0.2, 0.25) is 0 Å². The Balaban J connectivity index is 2.95. The van der Waals surface area contributed by atoms with Crippen LogP contribution in [0.25, 0.3) is 0 Å². The molecular weight excluding hydrogens is 436 g/mol. The zero-order valence-electron chi connectivity index (χ0n) is 18.4. The lowest BCUT2D eigenvalue weighted by molar-refractivity contribution is -0.143. The maximum absolute atomic E-state index is 12.7. The molecule has 182 valence electrons. The third-order valence-corrected chi connectivity index (χ3v) is 4.65. The largest absolute Gasteiger partial charge is 0.481 e. The molecule has 0 aromatic heterocycles. The third-order valence-electron chi connectivity index (χ3n) is 4.65. The van der Waals surface area contributed by atoms with Gasteiger partial charge in [-0.15, -0.1) is 0 Å². The van der Waals surface area contributed by atoms with Crippen molar-refractivity contribution in [1.82, 2.24) is 16.0 Å². The van der Waals surface area contributed by atoms with Gasteiger partial charge in [0.05, 0.1) is 12.1 Å². The van der Waals surface area contributed by atoms with E-state index in [9.17, 15) is 34.2 Å². The molecule has 0 radical (unpaired) electrons. The number of benzene rings is 1. The highest BCUT2D eigenvalue weighted by Crippen LogP contribution is 2.06. The number of hydrogen-bond acceptors (Lipinski definition) is 7. The predicted molar refractivity (Wildman–Crippen MR) is 116 cm³/mol. The molecular formula is C21H30N4O8. The summed E-state index contributed by atoms with van der Waals surface area (Å²) in [6.45, 7) is 2.58. The molecule has 0 saturated carbocycles. The Kier molecular flexibility index (Phi) is 11.0. The van der Waals surface area contributed by atoms with Crippen molar-refractivity contribution in [1.29, 1.82) is 0 Å². The SMILES string of the molecule is C[C@H](N)C(=O)N[C@@H](CCC(=O)O)C(=O)N[C@H](C(=O)N[C@@H](Cc1ccccc1)C(=O)O)[C@@H](C)O. The molecule has 1 aromatic carbocycles. The number of nitrogens with two attached hydrogens (primary N) is 1. The second-order valence-electron chi connectivity index (χ2n) is 7.60. The van der Waals surface area contributed by atoms with Crippen LogP contribution in [0.1, 0.15) is 32.3 Å². The number of aliphatic hydroxyl groups is 1. The van der Waals surface area contributed by atoms with Crippen molar-refractivity contribution in [2.75, 3.05) is 0 Å². The maximum atomic E-state index is 12.7. The van der Waals surface area contributed by atoms with Crippen LogP contribution >= 0.6 is 0 Å². The third kappa shape index (κ3) is 9.66. The van der Waals surface area contributed by atoms with Crippen LogP contribution in [0.4, 0.5) is 0 Å². The minimum atomic E-state index is -1.56. The average molecular weight is 466 g/mol. The topological polar surface area (TPSA) is 208 Å². The Labute approximate surface area is 190 Å². The Morgan fingerprint density at radius 1 is 0.879 bits per heavy atom. The van der Waals surface area contributed by atoms with Gasteiger partial charge in [0.25, 0.3) is 0 Å². The standard InChI is InChI=1S/C21H30N4O8/c1-11(22)18(29)23-14(8-9-16(27)28)19(30)25-17(12(2)26)20(31)24-15(21(32)33)10-13-6-4-3-5-7-13/h3-7,11-12,14-15,17,26H,8-10,22H2,1-2H3,(H,23,29)(H,24,31)(H,25,30)(H,27,28)(H,32,33)/t11-,12+,14-,15-,17-/m0/s1. The summed E-state index contributed by atoms with van der Waals surface area (Å²) in [5.41, 5.74) is 6.11. The van der Waals surface area contributed by atoms with Gasteiger partial charge in [0.1, 0.15) is 18.1 Å². The Morgan fingerprint density at radius 2 is 1.45 bits per heavy atom. The number of aliphatic carboxylic acids is 2. The molecule has 0 unspecified atom stereocenters. The Morgan fingerprint density at radius 3 is 1.94 bits per heavy atom. The molecule has 0 bridgehead atoms. The van der Waals surface area contributed by atoms with Crippen molar-refractivity contribution < 1.29 is 39.3 Å². The van der Waals surface area contributed by atoms with E-state index in [0.717, 1.165) is 0 Å². The van der Waals surface area contributed by atoms with Gasteiger partial charge in [-0.2, -0.15) is 0 Å². The molecule has 0 saturated heterocycles. The summed E-state index contributed by atoms with van der Waals surface area (Å²) in [4.78, 5) is 59.8. The zero-order valence-corrected chi connectivity index (χ0v) is 18.4. The molecule has 0 aliphatic rings. The number of carboxylic acid groups (broad SMARTS) is 2. The predicted octanol–water partition coefficient (Wildman–Crippen LogP) is -1.64. The van der Waals surface area contributed by atoms with E-state index in [0.29, 0.717) is 5.56 Å². The second kappa shape index (κ2) is 13.1. The first-order valence-corrected chi connectivity index (χ1v) is 10.3. The number of carboxylic acids is 2. The Hall–Kier alpha value is -3.51. The average Bonchev–Trinajstić information content (AvgIpc) is 2.74. The summed E-state index contributed by atoms with van der Waals surface area (Å²) in [7, 11) is 0. The fourth-order valence-electron chi connectivity index (χ4n) is 2.81. The zero-order chi connectivity index (χ0) is 25.1. The number of amides is 3. The van der Waals surface area contributed by atoms with E-state index in [-0.39, 0.29) is 12.8 Å². The van der Waals surface area contributed by atoms with Crippen LogP contribution in [0.15, 0.2) is 30.3 Å². The summed E-state index contributed by atoms with van der Waals surface area (Å²) in [5.74, 6) is -5.13. The monoisotopic (exact) mass is 466 g/mol. The summed E-state index contributed by atoms with van der Waals surface area (Å²) >= 11 is 0. The summed E-state index contributed by atoms with van der Waals surface area (Å²) in [6.07, 6.45) is -2.21. The van der Waals surface area contributed by atoms with Crippen molar-refractivity contribution in [3.05, 3.63) is 35.9 Å². The van der Waals surface area contributed by atoms with Crippen LogP contribution < -0.4 is 21.7 Å². The van der Waals surface area contributed by atoms with Crippen LogP contribution in [0, 0.1) is 0 Å². The number of rotatable bonds is 13. The lowest BCUT2D eigenvalue weighted by Crippen LogP contribution is -2.60. The molecule has 0 heterocycles. The second-order valence-corrected chi connectivity index (χ2v) is 7.60. The number of nitrogens with one attached hydrogen (secondary N) is 3. The minimum absolute atomic E-state index is 0.0337. The minimum Gasteiger partial charge on any atom is -0.481 e. The van der Waals surface area contributed by atoms with Crippen molar-refractivity contribution in [2.24, 2.45) is 5.73 Å². The van der Waals surface area contributed by atoms with Gasteiger partial charge in [0.15, 0.2) is 0 Å². The quantitative estimate of drug-likeness (QED) is 0.178. The molecule has 0 aliphatic carbocycles.